The summed E-state index contributed by atoms with van der Waals surface area (Å²) in [6, 6.07) is 14.7. The molecule has 2 aromatic rings. The largest absolute Gasteiger partial charge is 0.493 e. The summed E-state index contributed by atoms with van der Waals surface area (Å²) in [6.45, 7) is 1.91. The number of para-hydroxylation sites is 1. The second-order valence-electron chi connectivity index (χ2n) is 6.38. The molecule has 0 saturated heterocycles. The zero-order valence-electron chi connectivity index (χ0n) is 16.2. The Labute approximate surface area is 191 Å². The summed E-state index contributed by atoms with van der Waals surface area (Å²) in [5.41, 5.74) is 2.13. The van der Waals surface area contributed by atoms with Crippen LogP contribution >= 0.6 is 35.7 Å². The van der Waals surface area contributed by atoms with Gasteiger partial charge >= 0.3 is 0 Å². The first kappa shape index (κ1) is 23.3. The lowest BCUT2D eigenvalue weighted by Gasteiger charge is -2.28. The molecule has 1 aliphatic rings. The van der Waals surface area contributed by atoms with Gasteiger partial charge in [0.05, 0.1) is 24.1 Å². The third-order valence-electron chi connectivity index (χ3n) is 4.44. The molecule has 0 radical (unpaired) electrons. The molecule has 1 atom stereocenters. The standard InChI is InChI=1S/C20H24N4O3S.HI/c1-28-13-11-21-20(22-14-15-6-8-16(9-7-15)24(25)26)23-18-10-12-27-19-5-3-2-4-17(18)19;/h2-9,18H,10-14H2,1H3,(H2,21,22,23);1H. The Hall–Kier alpha value is -2.01. The molecule has 0 aliphatic carbocycles. The molecule has 2 N–H and O–H groups in total. The zero-order valence-corrected chi connectivity index (χ0v) is 19.3. The van der Waals surface area contributed by atoms with Crippen molar-refractivity contribution in [2.45, 2.75) is 19.0 Å². The van der Waals surface area contributed by atoms with Gasteiger partial charge in [-0.15, -0.1) is 24.0 Å². The molecule has 1 aliphatic heterocycles. The van der Waals surface area contributed by atoms with Gasteiger partial charge < -0.3 is 15.4 Å². The van der Waals surface area contributed by atoms with E-state index < -0.39 is 4.92 Å². The van der Waals surface area contributed by atoms with E-state index in [4.69, 9.17) is 4.74 Å². The lowest BCUT2D eigenvalue weighted by atomic mass is 10.0. The van der Waals surface area contributed by atoms with Gasteiger partial charge in [-0.1, -0.05) is 30.3 Å². The Balaban J connectivity index is 0.00000300. The number of thioether (sulfide) groups is 1. The monoisotopic (exact) mass is 528 g/mol. The summed E-state index contributed by atoms with van der Waals surface area (Å²) in [5.74, 6) is 2.61. The number of ether oxygens (including phenoxy) is 1. The fraction of sp³-hybridized carbons (Fsp3) is 0.350. The smallest absolute Gasteiger partial charge is 0.269 e. The van der Waals surface area contributed by atoms with Crippen LogP contribution in [-0.4, -0.2) is 36.0 Å². The highest BCUT2D eigenvalue weighted by Gasteiger charge is 2.21. The fourth-order valence-corrected chi connectivity index (χ4v) is 3.28. The molecule has 0 amide bonds. The first-order valence-electron chi connectivity index (χ1n) is 9.16. The van der Waals surface area contributed by atoms with Crippen LogP contribution in [0.15, 0.2) is 53.5 Å². The average Bonchev–Trinajstić information content (AvgIpc) is 2.72. The SMILES string of the molecule is CSCCNC(=NCc1ccc([N+](=O)[O-])cc1)NC1CCOc2ccccc21.I. The number of rotatable bonds is 7. The van der Waals surface area contributed by atoms with Crippen molar-refractivity contribution in [2.75, 3.05) is 25.2 Å². The molecule has 156 valence electrons. The van der Waals surface area contributed by atoms with Crippen molar-refractivity contribution in [3.05, 3.63) is 69.8 Å². The highest BCUT2D eigenvalue weighted by atomic mass is 127. The predicted octanol–water partition coefficient (Wildman–Crippen LogP) is 4.13. The molecule has 2 aromatic carbocycles. The lowest BCUT2D eigenvalue weighted by Crippen LogP contribution is -2.42. The zero-order chi connectivity index (χ0) is 19.8. The second kappa shape index (κ2) is 11.9. The molecule has 0 bridgehead atoms. The maximum Gasteiger partial charge on any atom is 0.269 e. The molecule has 1 unspecified atom stereocenters. The van der Waals surface area contributed by atoms with Gasteiger partial charge in [-0.2, -0.15) is 11.8 Å². The molecule has 0 aromatic heterocycles. The van der Waals surface area contributed by atoms with Gasteiger partial charge in [0.15, 0.2) is 5.96 Å². The summed E-state index contributed by atoms with van der Waals surface area (Å²) in [6.07, 6.45) is 2.93. The summed E-state index contributed by atoms with van der Waals surface area (Å²) in [5, 5.41) is 17.7. The molecule has 7 nitrogen and oxygen atoms in total. The molecule has 0 fully saturated rings. The number of halogens is 1. The molecule has 1 heterocycles. The summed E-state index contributed by atoms with van der Waals surface area (Å²) < 4.78 is 5.73. The van der Waals surface area contributed by atoms with Crippen LogP contribution in [0, 0.1) is 10.1 Å². The van der Waals surface area contributed by atoms with Gasteiger partial charge in [-0.05, 0) is 17.9 Å². The number of aliphatic imine (C=N–C) groups is 1. The van der Waals surface area contributed by atoms with Crippen molar-refractivity contribution in [3.63, 3.8) is 0 Å². The van der Waals surface area contributed by atoms with E-state index in [0.29, 0.717) is 13.2 Å². The van der Waals surface area contributed by atoms with E-state index >= 15 is 0 Å². The number of hydrogen-bond acceptors (Lipinski definition) is 5. The first-order valence-corrected chi connectivity index (χ1v) is 10.6. The Morgan fingerprint density at radius 1 is 1.28 bits per heavy atom. The van der Waals surface area contributed by atoms with Crippen LogP contribution in [0.25, 0.3) is 0 Å². The van der Waals surface area contributed by atoms with Crippen LogP contribution < -0.4 is 15.4 Å². The van der Waals surface area contributed by atoms with E-state index in [0.717, 1.165) is 41.6 Å². The maximum absolute atomic E-state index is 10.8. The summed E-state index contributed by atoms with van der Waals surface area (Å²) in [4.78, 5) is 15.1. The molecule has 0 saturated carbocycles. The van der Waals surface area contributed by atoms with E-state index in [9.17, 15) is 10.1 Å². The van der Waals surface area contributed by atoms with Crippen molar-refractivity contribution < 1.29 is 9.66 Å². The Bertz CT molecular complexity index is 833. The van der Waals surface area contributed by atoms with Gasteiger partial charge in [0.25, 0.3) is 5.69 Å². The van der Waals surface area contributed by atoms with Crippen molar-refractivity contribution in [1.82, 2.24) is 10.6 Å². The molecule has 0 spiro atoms. The van der Waals surface area contributed by atoms with Crippen molar-refractivity contribution in [2.24, 2.45) is 4.99 Å². The minimum atomic E-state index is -0.396. The number of nitro groups is 1. The fourth-order valence-electron chi connectivity index (χ4n) is 2.97. The maximum atomic E-state index is 10.8. The topological polar surface area (TPSA) is 88.8 Å². The van der Waals surface area contributed by atoms with Gasteiger partial charge in [-0.25, -0.2) is 4.99 Å². The third kappa shape index (κ3) is 6.77. The van der Waals surface area contributed by atoms with Crippen molar-refractivity contribution in [1.29, 1.82) is 0 Å². The van der Waals surface area contributed by atoms with Crippen molar-refractivity contribution in [3.8, 4) is 5.75 Å². The quantitative estimate of drug-likeness (QED) is 0.140. The number of fused-ring (bicyclic) bond motifs is 1. The number of guanidine groups is 1. The highest BCUT2D eigenvalue weighted by molar-refractivity contribution is 14.0. The van der Waals surface area contributed by atoms with E-state index in [2.05, 4.69) is 27.9 Å². The molecule has 9 heteroatoms. The van der Waals surface area contributed by atoms with E-state index in [1.165, 1.54) is 12.1 Å². The number of non-ortho nitro benzene ring substituents is 1. The third-order valence-corrected chi connectivity index (χ3v) is 5.05. The minimum absolute atomic E-state index is 0. The van der Waals surface area contributed by atoms with Gasteiger partial charge in [0, 0.05) is 36.4 Å². The molecule has 29 heavy (non-hydrogen) atoms. The lowest BCUT2D eigenvalue weighted by molar-refractivity contribution is -0.384. The summed E-state index contributed by atoms with van der Waals surface area (Å²) in [7, 11) is 0. The predicted molar refractivity (Wildman–Crippen MR) is 128 cm³/mol. The number of nitrogens with zero attached hydrogens (tertiary/aromatic N) is 2. The van der Waals surface area contributed by atoms with E-state index in [1.807, 2.05) is 18.2 Å². The van der Waals surface area contributed by atoms with Gasteiger partial charge in [0.1, 0.15) is 5.75 Å². The normalized spacial score (nSPS) is 15.5. The molecular weight excluding hydrogens is 503 g/mol. The van der Waals surface area contributed by atoms with Crippen LogP contribution in [0.4, 0.5) is 5.69 Å². The number of nitrogens with one attached hydrogen (secondary N) is 2. The highest BCUT2D eigenvalue weighted by Crippen LogP contribution is 2.31. The number of hydrogen-bond donors (Lipinski definition) is 2. The minimum Gasteiger partial charge on any atom is -0.493 e. The van der Waals surface area contributed by atoms with Crippen LogP contribution in [0.3, 0.4) is 0 Å². The number of benzene rings is 2. The van der Waals surface area contributed by atoms with Gasteiger partial charge in [-0.3, -0.25) is 10.1 Å². The van der Waals surface area contributed by atoms with Crippen molar-refractivity contribution >= 4 is 47.4 Å². The molecule has 3 rings (SSSR count). The number of nitro benzene ring substituents is 1. The van der Waals surface area contributed by atoms with Crippen LogP contribution in [0.2, 0.25) is 0 Å². The van der Waals surface area contributed by atoms with Gasteiger partial charge in [0.2, 0.25) is 0 Å². The Morgan fingerprint density at radius 2 is 2.03 bits per heavy atom. The average molecular weight is 528 g/mol. The van der Waals surface area contributed by atoms with Crippen LogP contribution in [0.1, 0.15) is 23.6 Å². The van der Waals surface area contributed by atoms with Crippen LogP contribution in [-0.2, 0) is 6.54 Å². The van der Waals surface area contributed by atoms with E-state index in [-0.39, 0.29) is 35.7 Å². The first-order chi connectivity index (χ1) is 13.7. The Kier molecular flexibility index (Phi) is 9.52. The Morgan fingerprint density at radius 3 is 2.76 bits per heavy atom. The van der Waals surface area contributed by atoms with E-state index in [1.54, 1.807) is 23.9 Å². The second-order valence-corrected chi connectivity index (χ2v) is 7.37. The van der Waals surface area contributed by atoms with Crippen LogP contribution in [0.5, 0.6) is 5.75 Å². The molecular formula is C20H25IN4O3S. The summed E-state index contributed by atoms with van der Waals surface area (Å²) >= 11 is 1.77.